The van der Waals surface area contributed by atoms with Gasteiger partial charge in [-0.05, 0) is 37.5 Å². The number of unbranched alkanes of at least 4 members (excludes halogenated alkanes) is 7. The molecule has 35 heavy (non-hydrogen) atoms. The molecule has 194 valence electrons. The number of nitrogens with zero attached hydrogens (tertiary/aromatic N) is 1. The molecule has 0 bridgehead atoms. The predicted octanol–water partition coefficient (Wildman–Crippen LogP) is 7.55. The first-order valence-corrected chi connectivity index (χ1v) is 13.6. The Hall–Kier alpha value is -2.33. The van der Waals surface area contributed by atoms with Crippen LogP contribution in [0.1, 0.15) is 83.3 Å². The molecule has 0 amide bonds. The van der Waals surface area contributed by atoms with E-state index in [1.807, 2.05) is 25.1 Å². The number of hydrogen-bond donors (Lipinski definition) is 0. The maximum absolute atomic E-state index is 12.7. The molecule has 2 aromatic rings. The number of benzene rings is 2. The van der Waals surface area contributed by atoms with Gasteiger partial charge in [0.2, 0.25) is 6.29 Å². The van der Waals surface area contributed by atoms with Crippen molar-refractivity contribution in [3.05, 3.63) is 65.7 Å². The molecule has 0 N–H and O–H groups in total. The molecule has 2 aromatic carbocycles. The number of aryl methyl sites for hydroxylation is 1. The first-order valence-electron chi connectivity index (χ1n) is 13.6. The molecule has 2 atom stereocenters. The number of ether oxygens (including phenoxy) is 2. The fraction of sp³-hybridized carbons (Fsp3) is 0.581. The summed E-state index contributed by atoms with van der Waals surface area (Å²) >= 11 is 0. The number of carbonyl (C=O) groups is 1. The fourth-order valence-electron chi connectivity index (χ4n) is 4.69. The van der Waals surface area contributed by atoms with E-state index in [1.54, 1.807) is 6.92 Å². The summed E-state index contributed by atoms with van der Waals surface area (Å²) in [4.78, 5) is 12.7. The Morgan fingerprint density at radius 1 is 0.829 bits per heavy atom. The largest absolute Gasteiger partial charge is 0.455 e. The molecule has 2 rings (SSSR count). The third-order valence-corrected chi connectivity index (χ3v) is 6.43. The van der Waals surface area contributed by atoms with Crippen molar-refractivity contribution in [1.82, 2.24) is 0 Å². The molecule has 0 radical (unpaired) electrons. The Bertz CT molecular complexity index is 849. The summed E-state index contributed by atoms with van der Waals surface area (Å²) in [6.07, 6.45) is 11.0. The normalized spacial score (nSPS) is 13.3. The van der Waals surface area contributed by atoms with Gasteiger partial charge in [-0.2, -0.15) is 0 Å². The van der Waals surface area contributed by atoms with Gasteiger partial charge in [-0.3, -0.25) is 4.79 Å². The van der Waals surface area contributed by atoms with Gasteiger partial charge in [-0.25, -0.2) is 0 Å². The van der Waals surface area contributed by atoms with E-state index in [0.29, 0.717) is 6.54 Å². The SMILES string of the molecule is CCCCCCCCCCc1cccc(OC(C)OC(=O)C(C)C[N+](C)(C)Cc2ccccc2)c1. The van der Waals surface area contributed by atoms with Gasteiger partial charge in [0.1, 0.15) is 18.2 Å². The van der Waals surface area contributed by atoms with E-state index in [2.05, 4.69) is 57.4 Å². The van der Waals surface area contributed by atoms with Crippen LogP contribution in [0.3, 0.4) is 0 Å². The second-order valence-corrected chi connectivity index (χ2v) is 10.7. The molecule has 0 aliphatic rings. The lowest BCUT2D eigenvalue weighted by Crippen LogP contribution is -2.44. The highest BCUT2D eigenvalue weighted by molar-refractivity contribution is 5.72. The van der Waals surface area contributed by atoms with E-state index in [9.17, 15) is 4.79 Å². The first kappa shape index (κ1) is 28.9. The Morgan fingerprint density at radius 2 is 1.46 bits per heavy atom. The van der Waals surface area contributed by atoms with Crippen molar-refractivity contribution in [2.75, 3.05) is 20.6 Å². The molecule has 0 saturated carbocycles. The van der Waals surface area contributed by atoms with Crippen LogP contribution in [0, 0.1) is 5.92 Å². The number of hydrogen-bond acceptors (Lipinski definition) is 3. The minimum Gasteiger partial charge on any atom is -0.455 e. The summed E-state index contributed by atoms with van der Waals surface area (Å²) in [6, 6.07) is 18.6. The zero-order valence-electron chi connectivity index (χ0n) is 22.8. The van der Waals surface area contributed by atoms with Crippen LogP contribution in [0.15, 0.2) is 54.6 Å². The number of esters is 1. The number of rotatable bonds is 17. The Kier molecular flexibility index (Phi) is 12.9. The first-order chi connectivity index (χ1) is 16.8. The molecule has 0 saturated heterocycles. The van der Waals surface area contributed by atoms with E-state index in [1.165, 1.54) is 62.5 Å². The zero-order valence-corrected chi connectivity index (χ0v) is 22.8. The van der Waals surface area contributed by atoms with Gasteiger partial charge in [-0.1, -0.05) is 94.3 Å². The molecule has 0 aliphatic carbocycles. The van der Waals surface area contributed by atoms with E-state index in [0.717, 1.165) is 23.2 Å². The van der Waals surface area contributed by atoms with Crippen molar-refractivity contribution in [1.29, 1.82) is 0 Å². The van der Waals surface area contributed by atoms with Crippen LogP contribution in [0.25, 0.3) is 0 Å². The lowest BCUT2D eigenvalue weighted by molar-refractivity contribution is -0.905. The van der Waals surface area contributed by atoms with E-state index >= 15 is 0 Å². The average molecular weight is 483 g/mol. The summed E-state index contributed by atoms with van der Waals surface area (Å²) < 4.78 is 12.3. The molecular weight excluding hydrogens is 434 g/mol. The van der Waals surface area contributed by atoms with Crippen LogP contribution in [0.4, 0.5) is 0 Å². The second kappa shape index (κ2) is 15.6. The third-order valence-electron chi connectivity index (χ3n) is 6.43. The Morgan fingerprint density at radius 3 is 2.14 bits per heavy atom. The van der Waals surface area contributed by atoms with Crippen LogP contribution in [0.2, 0.25) is 0 Å². The summed E-state index contributed by atoms with van der Waals surface area (Å²) in [7, 11) is 4.29. The van der Waals surface area contributed by atoms with E-state index in [4.69, 9.17) is 9.47 Å². The van der Waals surface area contributed by atoms with Gasteiger partial charge in [0.05, 0.1) is 20.6 Å². The van der Waals surface area contributed by atoms with Gasteiger partial charge < -0.3 is 14.0 Å². The zero-order chi connectivity index (χ0) is 25.5. The quantitative estimate of drug-likeness (QED) is 0.101. The monoisotopic (exact) mass is 482 g/mol. The highest BCUT2D eigenvalue weighted by Gasteiger charge is 2.27. The number of quaternary nitrogens is 1. The van der Waals surface area contributed by atoms with Crippen molar-refractivity contribution >= 4 is 5.97 Å². The predicted molar refractivity (Wildman–Crippen MR) is 145 cm³/mol. The highest BCUT2D eigenvalue weighted by atomic mass is 16.7. The maximum atomic E-state index is 12.7. The minimum absolute atomic E-state index is 0.215. The van der Waals surface area contributed by atoms with Crippen molar-refractivity contribution < 1.29 is 18.8 Å². The summed E-state index contributed by atoms with van der Waals surface area (Å²) in [6.45, 7) is 7.56. The summed E-state index contributed by atoms with van der Waals surface area (Å²) in [5.74, 6) is 0.329. The molecule has 0 heterocycles. The third kappa shape index (κ3) is 12.3. The Balaban J connectivity index is 1.72. The van der Waals surface area contributed by atoms with Crippen LogP contribution in [-0.2, 0) is 22.5 Å². The van der Waals surface area contributed by atoms with Gasteiger partial charge in [0.25, 0.3) is 0 Å². The molecule has 0 spiro atoms. The van der Waals surface area contributed by atoms with Gasteiger partial charge in [0, 0.05) is 12.5 Å². The summed E-state index contributed by atoms with van der Waals surface area (Å²) in [5, 5.41) is 0. The minimum atomic E-state index is -0.618. The molecule has 0 aromatic heterocycles. The molecular formula is C31H48NO3+. The van der Waals surface area contributed by atoms with Crippen LogP contribution >= 0.6 is 0 Å². The van der Waals surface area contributed by atoms with Crippen molar-refractivity contribution in [2.24, 2.45) is 5.92 Å². The molecule has 0 aliphatic heterocycles. The molecule has 4 heteroatoms. The molecule has 0 fully saturated rings. The summed E-state index contributed by atoms with van der Waals surface area (Å²) in [5.41, 5.74) is 2.54. The number of carbonyl (C=O) groups excluding carboxylic acids is 1. The average Bonchev–Trinajstić information content (AvgIpc) is 2.81. The van der Waals surface area contributed by atoms with Crippen LogP contribution < -0.4 is 4.74 Å². The van der Waals surface area contributed by atoms with Crippen molar-refractivity contribution in [3.63, 3.8) is 0 Å². The maximum Gasteiger partial charge on any atom is 0.317 e. The Labute approximate surface area is 214 Å². The van der Waals surface area contributed by atoms with Crippen molar-refractivity contribution in [3.8, 4) is 5.75 Å². The standard InChI is InChI=1S/C31H48NO3/c1-6-7-8-9-10-11-12-14-18-28-21-17-22-30(23-28)34-27(3)35-31(33)26(2)24-32(4,5)25-29-19-15-13-16-20-29/h13,15-17,19-23,26-27H,6-12,14,18,24-25H2,1-5H3/q+1. The fourth-order valence-corrected chi connectivity index (χ4v) is 4.69. The van der Waals surface area contributed by atoms with Gasteiger partial charge >= 0.3 is 5.97 Å². The smallest absolute Gasteiger partial charge is 0.317 e. The van der Waals surface area contributed by atoms with Crippen LogP contribution in [-0.4, -0.2) is 37.4 Å². The lowest BCUT2D eigenvalue weighted by Gasteiger charge is -2.32. The van der Waals surface area contributed by atoms with Gasteiger partial charge in [-0.15, -0.1) is 0 Å². The topological polar surface area (TPSA) is 35.5 Å². The molecule has 4 nitrogen and oxygen atoms in total. The van der Waals surface area contributed by atoms with E-state index < -0.39 is 6.29 Å². The van der Waals surface area contributed by atoms with Crippen LogP contribution in [0.5, 0.6) is 5.75 Å². The van der Waals surface area contributed by atoms with Gasteiger partial charge in [0.15, 0.2) is 0 Å². The molecule has 2 unspecified atom stereocenters. The highest BCUT2D eigenvalue weighted by Crippen LogP contribution is 2.19. The van der Waals surface area contributed by atoms with Crippen molar-refractivity contribution in [2.45, 2.75) is 91.4 Å². The lowest BCUT2D eigenvalue weighted by atomic mass is 10.0. The second-order valence-electron chi connectivity index (χ2n) is 10.7. The van der Waals surface area contributed by atoms with E-state index in [-0.39, 0.29) is 11.9 Å².